The predicted octanol–water partition coefficient (Wildman–Crippen LogP) is 0.603. The first-order valence-corrected chi connectivity index (χ1v) is 4.01. The molecular formula is C8H16N2O. The molecule has 0 aromatic carbocycles. The van der Waals surface area contributed by atoms with Crippen LogP contribution in [0.3, 0.4) is 0 Å². The smallest absolute Gasteiger partial charge is 0.0866 e. The van der Waals surface area contributed by atoms with E-state index < -0.39 is 0 Å². The summed E-state index contributed by atoms with van der Waals surface area (Å²) in [7, 11) is 0. The van der Waals surface area contributed by atoms with Crippen LogP contribution >= 0.6 is 0 Å². The second kappa shape index (κ2) is 6.14. The molecule has 0 spiro atoms. The molecule has 0 rings (SSSR count). The van der Waals surface area contributed by atoms with Gasteiger partial charge in [0.1, 0.15) is 0 Å². The van der Waals surface area contributed by atoms with E-state index in [1.54, 1.807) is 0 Å². The molecule has 0 aliphatic carbocycles. The lowest BCUT2D eigenvalue weighted by Gasteiger charge is -2.19. The van der Waals surface area contributed by atoms with Crippen LogP contribution in [-0.4, -0.2) is 35.7 Å². The van der Waals surface area contributed by atoms with E-state index in [1.807, 2.05) is 18.7 Å². The summed E-state index contributed by atoms with van der Waals surface area (Å²) >= 11 is 0. The number of rotatable bonds is 5. The highest BCUT2D eigenvalue weighted by atomic mass is 16.3. The van der Waals surface area contributed by atoms with Crippen molar-refractivity contribution in [2.24, 2.45) is 0 Å². The van der Waals surface area contributed by atoms with Crippen LogP contribution in [0.2, 0.25) is 0 Å². The van der Waals surface area contributed by atoms with Crippen molar-refractivity contribution in [3.63, 3.8) is 0 Å². The molecule has 0 amide bonds. The van der Waals surface area contributed by atoms with Gasteiger partial charge in [0, 0.05) is 6.54 Å². The first-order chi connectivity index (χ1) is 5.24. The fourth-order valence-electron chi connectivity index (χ4n) is 0.833. The fraction of sp³-hybridized carbons (Fsp3) is 0.875. The Morgan fingerprint density at radius 1 is 1.55 bits per heavy atom. The Morgan fingerprint density at radius 3 is 2.55 bits per heavy atom. The quantitative estimate of drug-likeness (QED) is 0.593. The first-order valence-electron chi connectivity index (χ1n) is 4.01. The van der Waals surface area contributed by atoms with Gasteiger partial charge < -0.3 is 5.11 Å². The summed E-state index contributed by atoms with van der Waals surface area (Å²) in [4.78, 5) is 1.92. The first kappa shape index (κ1) is 10.4. The summed E-state index contributed by atoms with van der Waals surface area (Å²) in [5.41, 5.74) is 0. The summed E-state index contributed by atoms with van der Waals surface area (Å²) in [5, 5.41) is 17.6. The van der Waals surface area contributed by atoms with Crippen molar-refractivity contribution < 1.29 is 5.11 Å². The minimum absolute atomic E-state index is 0.289. The van der Waals surface area contributed by atoms with Crippen LogP contribution in [0.5, 0.6) is 0 Å². The second-order valence-corrected chi connectivity index (χ2v) is 2.55. The number of nitrogens with zero attached hydrogens (tertiary/aromatic N) is 2. The number of nitriles is 1. The molecule has 0 aliphatic rings. The van der Waals surface area contributed by atoms with Gasteiger partial charge in [-0.15, -0.1) is 0 Å². The van der Waals surface area contributed by atoms with Crippen LogP contribution in [0.1, 0.15) is 20.3 Å². The van der Waals surface area contributed by atoms with Crippen LogP contribution in [0, 0.1) is 11.3 Å². The lowest BCUT2D eigenvalue weighted by Crippen LogP contribution is -2.32. The Balaban J connectivity index is 3.60. The van der Waals surface area contributed by atoms with Crippen molar-refractivity contribution in [3.8, 4) is 6.07 Å². The van der Waals surface area contributed by atoms with Gasteiger partial charge in [0.05, 0.1) is 18.7 Å². The highest BCUT2D eigenvalue weighted by Crippen LogP contribution is 1.94. The van der Waals surface area contributed by atoms with Gasteiger partial charge in [-0.1, -0.05) is 13.8 Å². The monoisotopic (exact) mass is 156 g/mol. The minimum atomic E-state index is -0.289. The van der Waals surface area contributed by atoms with Crippen molar-refractivity contribution in [3.05, 3.63) is 0 Å². The summed E-state index contributed by atoms with van der Waals surface area (Å²) in [6, 6.07) is 2.06. The Bertz CT molecular complexity index is 131. The minimum Gasteiger partial charge on any atom is -0.392 e. The SMILES string of the molecule is CCC(O)CN(CC)CC#N. The van der Waals surface area contributed by atoms with E-state index in [1.165, 1.54) is 0 Å². The molecule has 0 aliphatic heterocycles. The van der Waals surface area contributed by atoms with Gasteiger partial charge in [0.2, 0.25) is 0 Å². The largest absolute Gasteiger partial charge is 0.392 e. The Kier molecular flexibility index (Phi) is 5.81. The third-order valence-electron chi connectivity index (χ3n) is 1.68. The average Bonchev–Trinajstić information content (AvgIpc) is 2.03. The Morgan fingerprint density at radius 2 is 2.18 bits per heavy atom. The third-order valence-corrected chi connectivity index (χ3v) is 1.68. The molecule has 0 fully saturated rings. The molecule has 0 aromatic heterocycles. The normalized spacial score (nSPS) is 13.0. The Labute approximate surface area is 68.2 Å². The second-order valence-electron chi connectivity index (χ2n) is 2.55. The van der Waals surface area contributed by atoms with Crippen LogP contribution in [0.15, 0.2) is 0 Å². The van der Waals surface area contributed by atoms with E-state index in [-0.39, 0.29) is 6.10 Å². The number of hydrogen-bond acceptors (Lipinski definition) is 3. The zero-order valence-corrected chi connectivity index (χ0v) is 7.25. The van der Waals surface area contributed by atoms with Gasteiger partial charge in [-0.05, 0) is 13.0 Å². The molecule has 0 heterocycles. The number of aliphatic hydroxyl groups is 1. The van der Waals surface area contributed by atoms with Crippen molar-refractivity contribution >= 4 is 0 Å². The molecule has 0 radical (unpaired) electrons. The molecule has 1 unspecified atom stereocenters. The molecule has 0 saturated heterocycles. The van der Waals surface area contributed by atoms with Gasteiger partial charge in [-0.2, -0.15) is 5.26 Å². The van der Waals surface area contributed by atoms with Crippen LogP contribution in [-0.2, 0) is 0 Å². The van der Waals surface area contributed by atoms with Crippen molar-refractivity contribution in [2.45, 2.75) is 26.4 Å². The van der Waals surface area contributed by atoms with E-state index >= 15 is 0 Å². The van der Waals surface area contributed by atoms with Crippen molar-refractivity contribution in [1.29, 1.82) is 5.26 Å². The molecule has 1 N–H and O–H groups in total. The maximum absolute atomic E-state index is 9.24. The highest BCUT2D eigenvalue weighted by molar-refractivity contribution is 4.76. The lowest BCUT2D eigenvalue weighted by molar-refractivity contribution is 0.119. The van der Waals surface area contributed by atoms with Crippen molar-refractivity contribution in [1.82, 2.24) is 4.90 Å². The maximum Gasteiger partial charge on any atom is 0.0866 e. The van der Waals surface area contributed by atoms with Gasteiger partial charge >= 0.3 is 0 Å². The van der Waals surface area contributed by atoms with E-state index in [0.717, 1.165) is 13.0 Å². The van der Waals surface area contributed by atoms with Crippen LogP contribution in [0.25, 0.3) is 0 Å². The van der Waals surface area contributed by atoms with Gasteiger partial charge in [-0.25, -0.2) is 0 Å². The van der Waals surface area contributed by atoms with Gasteiger partial charge in [0.25, 0.3) is 0 Å². The number of likely N-dealkylation sites (N-methyl/N-ethyl adjacent to an activating group) is 1. The highest BCUT2D eigenvalue weighted by Gasteiger charge is 2.06. The topological polar surface area (TPSA) is 47.3 Å². The Hall–Kier alpha value is -0.590. The molecule has 3 nitrogen and oxygen atoms in total. The van der Waals surface area contributed by atoms with Gasteiger partial charge in [-0.3, -0.25) is 4.90 Å². The third kappa shape index (κ3) is 4.77. The van der Waals surface area contributed by atoms with Crippen LogP contribution in [0.4, 0.5) is 0 Å². The molecule has 0 saturated carbocycles. The zero-order chi connectivity index (χ0) is 8.69. The molecule has 0 aromatic rings. The van der Waals surface area contributed by atoms with Crippen LogP contribution < -0.4 is 0 Å². The predicted molar refractivity (Wildman–Crippen MR) is 44.0 cm³/mol. The zero-order valence-electron chi connectivity index (χ0n) is 7.25. The molecule has 11 heavy (non-hydrogen) atoms. The molecular weight excluding hydrogens is 140 g/mol. The maximum atomic E-state index is 9.24. The lowest BCUT2D eigenvalue weighted by atomic mass is 10.2. The number of hydrogen-bond donors (Lipinski definition) is 1. The fourth-order valence-corrected chi connectivity index (χ4v) is 0.833. The van der Waals surface area contributed by atoms with E-state index in [0.29, 0.717) is 13.1 Å². The van der Waals surface area contributed by atoms with E-state index in [4.69, 9.17) is 5.26 Å². The molecule has 0 bridgehead atoms. The van der Waals surface area contributed by atoms with Gasteiger partial charge in [0.15, 0.2) is 0 Å². The molecule has 64 valence electrons. The summed E-state index contributed by atoms with van der Waals surface area (Å²) in [6.45, 7) is 5.77. The molecule has 1 atom stereocenters. The summed E-state index contributed by atoms with van der Waals surface area (Å²) in [6.07, 6.45) is 0.463. The standard InChI is InChI=1S/C8H16N2O/c1-3-8(11)7-10(4-2)6-5-9/h8,11H,3-4,6-7H2,1-2H3. The summed E-state index contributed by atoms with van der Waals surface area (Å²) < 4.78 is 0. The summed E-state index contributed by atoms with van der Waals surface area (Å²) in [5.74, 6) is 0. The average molecular weight is 156 g/mol. The van der Waals surface area contributed by atoms with E-state index in [2.05, 4.69) is 6.07 Å². The molecule has 3 heteroatoms. The number of aliphatic hydroxyl groups excluding tert-OH is 1. The van der Waals surface area contributed by atoms with Crippen molar-refractivity contribution in [2.75, 3.05) is 19.6 Å². The van der Waals surface area contributed by atoms with E-state index in [9.17, 15) is 5.11 Å².